The highest BCUT2D eigenvalue weighted by molar-refractivity contribution is 7.09. The van der Waals surface area contributed by atoms with Crippen LogP contribution >= 0.6 is 11.5 Å². The van der Waals surface area contributed by atoms with Crippen molar-refractivity contribution in [2.45, 2.75) is 38.5 Å². The lowest BCUT2D eigenvalue weighted by molar-refractivity contribution is 0.529. The van der Waals surface area contributed by atoms with Gasteiger partial charge in [-0.05, 0) is 38.1 Å². The zero-order valence-corrected chi connectivity index (χ0v) is 10.6. The first kappa shape index (κ1) is 11.8. The van der Waals surface area contributed by atoms with Crippen molar-refractivity contribution in [3.63, 3.8) is 0 Å². The minimum atomic E-state index is 0.623. The number of nitrogens with two attached hydrogens (primary N) is 1. The fraction of sp³-hybridized carbons (Fsp3) is 0.818. The van der Waals surface area contributed by atoms with E-state index in [1.807, 2.05) is 0 Å². The Morgan fingerprint density at radius 1 is 1.56 bits per heavy atom. The maximum absolute atomic E-state index is 5.57. The normalized spacial score (nSPS) is 17.4. The van der Waals surface area contributed by atoms with E-state index in [0.29, 0.717) is 11.8 Å². The molecular formula is C11H20N4S. The fourth-order valence-electron chi connectivity index (χ4n) is 1.58. The lowest BCUT2D eigenvalue weighted by Gasteiger charge is -2.07. The summed E-state index contributed by atoms with van der Waals surface area (Å²) in [6.45, 7) is 3.95. The van der Waals surface area contributed by atoms with E-state index in [-0.39, 0.29) is 0 Å². The predicted molar refractivity (Wildman–Crippen MR) is 67.8 cm³/mol. The standard InChI is InChI=1S/C11H20N4S/c1-8(7-12)3-2-6-13-11-14-10(15-16-11)9-4-5-9/h8-9H,2-7,12H2,1H3,(H,13,14,15). The van der Waals surface area contributed by atoms with Crippen molar-refractivity contribution in [2.24, 2.45) is 11.7 Å². The molecule has 1 saturated carbocycles. The molecule has 1 atom stereocenters. The summed E-state index contributed by atoms with van der Waals surface area (Å²) in [7, 11) is 0. The molecule has 1 unspecified atom stereocenters. The number of nitrogens with one attached hydrogen (secondary N) is 1. The molecule has 1 aromatic heterocycles. The van der Waals surface area contributed by atoms with Crippen molar-refractivity contribution in [3.8, 4) is 0 Å². The Hall–Kier alpha value is -0.680. The largest absolute Gasteiger partial charge is 0.360 e. The van der Waals surface area contributed by atoms with Crippen molar-refractivity contribution in [1.82, 2.24) is 9.36 Å². The first-order valence-corrected chi connectivity index (χ1v) is 6.84. The van der Waals surface area contributed by atoms with Gasteiger partial charge in [-0.25, -0.2) is 4.98 Å². The van der Waals surface area contributed by atoms with Crippen molar-refractivity contribution >= 4 is 16.7 Å². The number of rotatable bonds is 7. The van der Waals surface area contributed by atoms with Gasteiger partial charge in [0.2, 0.25) is 5.13 Å². The third kappa shape index (κ3) is 3.42. The highest BCUT2D eigenvalue weighted by Crippen LogP contribution is 2.39. The number of nitrogens with zero attached hydrogens (tertiary/aromatic N) is 2. The second kappa shape index (κ2) is 5.59. The topological polar surface area (TPSA) is 63.8 Å². The van der Waals surface area contributed by atoms with Crippen molar-refractivity contribution in [1.29, 1.82) is 0 Å². The lowest BCUT2D eigenvalue weighted by atomic mass is 10.1. The summed E-state index contributed by atoms with van der Waals surface area (Å²) in [6.07, 6.45) is 4.86. The summed E-state index contributed by atoms with van der Waals surface area (Å²) in [4.78, 5) is 4.48. The van der Waals surface area contributed by atoms with E-state index in [1.165, 1.54) is 30.8 Å². The van der Waals surface area contributed by atoms with Crippen LogP contribution in [0.1, 0.15) is 44.3 Å². The summed E-state index contributed by atoms with van der Waals surface area (Å²) in [5.74, 6) is 2.32. The maximum Gasteiger partial charge on any atom is 0.202 e. The molecule has 0 aliphatic heterocycles. The molecule has 0 aromatic carbocycles. The van der Waals surface area contributed by atoms with Gasteiger partial charge in [-0.3, -0.25) is 0 Å². The molecule has 1 aliphatic carbocycles. The van der Waals surface area contributed by atoms with Crippen molar-refractivity contribution in [3.05, 3.63) is 5.82 Å². The first-order chi connectivity index (χ1) is 7.79. The number of anilines is 1. The number of hydrogen-bond acceptors (Lipinski definition) is 5. The number of aromatic nitrogens is 2. The predicted octanol–water partition coefficient (Wildman–Crippen LogP) is 2.20. The Bertz CT molecular complexity index is 322. The van der Waals surface area contributed by atoms with Gasteiger partial charge in [-0.15, -0.1) is 0 Å². The highest BCUT2D eigenvalue weighted by Gasteiger charge is 2.27. The second-order valence-electron chi connectivity index (χ2n) is 4.64. The van der Waals surface area contributed by atoms with Gasteiger partial charge in [-0.1, -0.05) is 6.92 Å². The molecule has 4 nitrogen and oxygen atoms in total. The highest BCUT2D eigenvalue weighted by atomic mass is 32.1. The average molecular weight is 240 g/mol. The summed E-state index contributed by atoms with van der Waals surface area (Å²) >= 11 is 1.49. The summed E-state index contributed by atoms with van der Waals surface area (Å²) in [5, 5.41) is 4.31. The van der Waals surface area contributed by atoms with E-state index >= 15 is 0 Å². The molecule has 90 valence electrons. The van der Waals surface area contributed by atoms with E-state index in [2.05, 4.69) is 21.6 Å². The lowest BCUT2D eigenvalue weighted by Crippen LogP contribution is -2.12. The smallest absolute Gasteiger partial charge is 0.202 e. The molecular weight excluding hydrogens is 220 g/mol. The molecule has 5 heteroatoms. The number of hydrogen-bond donors (Lipinski definition) is 2. The van der Waals surface area contributed by atoms with Gasteiger partial charge in [0.15, 0.2) is 0 Å². The van der Waals surface area contributed by atoms with Gasteiger partial charge in [0, 0.05) is 24.0 Å². The Morgan fingerprint density at radius 2 is 2.38 bits per heavy atom. The van der Waals surface area contributed by atoms with E-state index in [0.717, 1.165) is 30.5 Å². The first-order valence-electron chi connectivity index (χ1n) is 6.07. The average Bonchev–Trinajstić information content (AvgIpc) is 3.05. The fourth-order valence-corrected chi connectivity index (χ4v) is 2.25. The Balaban J connectivity index is 1.64. The Labute approximate surface area is 101 Å². The minimum absolute atomic E-state index is 0.623. The molecule has 1 fully saturated rings. The summed E-state index contributed by atoms with van der Waals surface area (Å²) in [6, 6.07) is 0. The van der Waals surface area contributed by atoms with Crippen LogP contribution in [-0.4, -0.2) is 22.4 Å². The van der Waals surface area contributed by atoms with Crippen LogP contribution in [0.25, 0.3) is 0 Å². The zero-order valence-electron chi connectivity index (χ0n) is 9.78. The van der Waals surface area contributed by atoms with Crippen LogP contribution in [0, 0.1) is 5.92 Å². The van der Waals surface area contributed by atoms with Gasteiger partial charge in [-0.2, -0.15) is 4.37 Å². The van der Waals surface area contributed by atoms with Gasteiger partial charge in [0.1, 0.15) is 5.82 Å². The molecule has 0 saturated heterocycles. The Kier molecular flexibility index (Phi) is 4.12. The molecule has 1 heterocycles. The van der Waals surface area contributed by atoms with Crippen LogP contribution in [-0.2, 0) is 0 Å². The third-order valence-corrected chi connectivity index (χ3v) is 3.62. The van der Waals surface area contributed by atoms with E-state index < -0.39 is 0 Å². The minimum Gasteiger partial charge on any atom is -0.360 e. The molecule has 3 N–H and O–H groups in total. The molecule has 16 heavy (non-hydrogen) atoms. The third-order valence-electron chi connectivity index (χ3n) is 2.94. The molecule has 0 bridgehead atoms. The monoisotopic (exact) mass is 240 g/mol. The molecule has 1 aromatic rings. The molecule has 2 rings (SSSR count). The van der Waals surface area contributed by atoms with Gasteiger partial charge < -0.3 is 11.1 Å². The second-order valence-corrected chi connectivity index (χ2v) is 5.39. The molecule has 0 radical (unpaired) electrons. The van der Waals surface area contributed by atoms with Crippen LogP contribution < -0.4 is 11.1 Å². The molecule has 0 amide bonds. The zero-order chi connectivity index (χ0) is 11.4. The van der Waals surface area contributed by atoms with Crippen molar-refractivity contribution in [2.75, 3.05) is 18.4 Å². The van der Waals surface area contributed by atoms with Gasteiger partial charge in [0.05, 0.1) is 0 Å². The van der Waals surface area contributed by atoms with Gasteiger partial charge in [0.25, 0.3) is 0 Å². The summed E-state index contributed by atoms with van der Waals surface area (Å²) in [5.41, 5.74) is 5.57. The van der Waals surface area contributed by atoms with E-state index in [4.69, 9.17) is 5.73 Å². The van der Waals surface area contributed by atoms with E-state index in [1.54, 1.807) is 0 Å². The molecule has 0 spiro atoms. The SMILES string of the molecule is CC(CN)CCCNc1nc(C2CC2)ns1. The van der Waals surface area contributed by atoms with Crippen LogP contribution in [0.5, 0.6) is 0 Å². The van der Waals surface area contributed by atoms with Crippen LogP contribution in [0.3, 0.4) is 0 Å². The van der Waals surface area contributed by atoms with Gasteiger partial charge >= 0.3 is 0 Å². The Morgan fingerprint density at radius 3 is 3.06 bits per heavy atom. The molecule has 1 aliphatic rings. The quantitative estimate of drug-likeness (QED) is 0.717. The van der Waals surface area contributed by atoms with Crippen LogP contribution in [0.4, 0.5) is 5.13 Å². The van der Waals surface area contributed by atoms with Crippen LogP contribution in [0.15, 0.2) is 0 Å². The maximum atomic E-state index is 5.57. The summed E-state index contributed by atoms with van der Waals surface area (Å²) < 4.78 is 4.36. The van der Waals surface area contributed by atoms with E-state index in [9.17, 15) is 0 Å². The van der Waals surface area contributed by atoms with Crippen LogP contribution in [0.2, 0.25) is 0 Å². The van der Waals surface area contributed by atoms with Crippen molar-refractivity contribution < 1.29 is 0 Å².